The molecule has 0 atom stereocenters. The van der Waals surface area contributed by atoms with Crippen LogP contribution < -0.4 is 26.2 Å². The third-order valence-electron chi connectivity index (χ3n) is 17.5. The summed E-state index contributed by atoms with van der Waals surface area (Å²) in [4.78, 5) is 5.39. The number of unbranched alkanes of at least 4 members (excludes halogenated alkanes) is 1. The number of benzene rings is 11. The third kappa shape index (κ3) is 8.66. The first-order valence-corrected chi connectivity index (χ1v) is 29.5. The van der Waals surface area contributed by atoms with Crippen molar-refractivity contribution in [2.45, 2.75) is 78.6 Å². The summed E-state index contributed by atoms with van der Waals surface area (Å²) in [6.45, 7) is 16.4. The van der Waals surface area contributed by atoms with E-state index in [0.717, 1.165) is 24.9 Å². The number of nitrogens with zero attached hydrogens (tertiary/aromatic N) is 3. The molecular weight excluding hydrogens is 990 g/mol. The van der Waals surface area contributed by atoms with Crippen LogP contribution in [0.4, 0.5) is 34.1 Å². The maximum Gasteiger partial charge on any atom is 0.252 e. The molecule has 0 unspecified atom stereocenters. The second kappa shape index (κ2) is 20.2. The Morgan fingerprint density at radius 2 is 0.841 bits per heavy atom. The summed E-state index contributed by atoms with van der Waals surface area (Å²) in [6, 6.07) is 94.2. The lowest BCUT2D eigenvalue weighted by atomic mass is 9.33. The molecule has 398 valence electrons. The van der Waals surface area contributed by atoms with Crippen molar-refractivity contribution in [3.8, 4) is 50.2 Å². The van der Waals surface area contributed by atoms with Crippen molar-refractivity contribution in [2.75, 3.05) is 9.80 Å². The highest BCUT2D eigenvalue weighted by atomic mass is 15.2. The molecule has 0 N–H and O–H groups in total. The molecule has 3 heterocycles. The minimum absolute atomic E-state index is 0.121. The fourth-order valence-electron chi connectivity index (χ4n) is 13.2. The van der Waals surface area contributed by atoms with Crippen LogP contribution in [0, 0.1) is 0 Å². The van der Waals surface area contributed by atoms with Gasteiger partial charge in [-0.2, -0.15) is 0 Å². The highest BCUT2D eigenvalue weighted by molar-refractivity contribution is 7.00. The van der Waals surface area contributed by atoms with Gasteiger partial charge in [0.05, 0.1) is 16.7 Å². The van der Waals surface area contributed by atoms with Crippen LogP contribution in [0.3, 0.4) is 0 Å². The van der Waals surface area contributed by atoms with Crippen LogP contribution in [0.5, 0.6) is 0 Å². The summed E-state index contributed by atoms with van der Waals surface area (Å²) in [7, 11) is 0. The summed E-state index contributed by atoms with van der Waals surface area (Å²) in [5.74, 6) is 0. The summed E-state index contributed by atoms with van der Waals surface area (Å²) in [5, 5.41) is 2.50. The van der Waals surface area contributed by atoms with Crippen molar-refractivity contribution in [3.63, 3.8) is 0 Å². The van der Waals surface area contributed by atoms with E-state index in [1.807, 2.05) is 0 Å². The van der Waals surface area contributed by atoms with Crippen molar-refractivity contribution < 1.29 is 0 Å². The van der Waals surface area contributed by atoms with Gasteiger partial charge in [-0.15, -0.1) is 0 Å². The van der Waals surface area contributed by atoms with E-state index in [-0.39, 0.29) is 17.5 Å². The number of rotatable bonds is 10. The van der Waals surface area contributed by atoms with E-state index in [2.05, 4.69) is 312 Å². The highest BCUT2D eigenvalue weighted by Crippen LogP contribution is 2.53. The number of para-hydroxylation sites is 2. The van der Waals surface area contributed by atoms with Gasteiger partial charge in [-0.3, -0.25) is 0 Å². The largest absolute Gasteiger partial charge is 0.311 e. The first-order chi connectivity index (χ1) is 39.9. The van der Waals surface area contributed by atoms with Gasteiger partial charge in [-0.25, -0.2) is 0 Å². The van der Waals surface area contributed by atoms with Crippen molar-refractivity contribution in [1.29, 1.82) is 0 Å². The molecule has 0 aliphatic carbocycles. The molecule has 2 aliphatic heterocycles. The quantitative estimate of drug-likeness (QED) is 0.126. The van der Waals surface area contributed by atoms with Crippen molar-refractivity contribution in [2.24, 2.45) is 0 Å². The Morgan fingerprint density at radius 1 is 0.366 bits per heavy atom. The smallest absolute Gasteiger partial charge is 0.252 e. The molecule has 0 bridgehead atoms. The molecule has 11 aromatic carbocycles. The fourth-order valence-corrected chi connectivity index (χ4v) is 13.2. The second-order valence-electron chi connectivity index (χ2n) is 24.7. The minimum atomic E-state index is -0.219. The normalized spacial score (nSPS) is 12.9. The van der Waals surface area contributed by atoms with Crippen LogP contribution in [0.25, 0.3) is 72.0 Å². The standard InChI is InChI=1S/C78H68BN3/c1-8-9-26-58-45-56(52-27-14-10-15-28-52)39-43-68(58)81-71-44-40-57(53-29-16-11-17-30-53)46-67(71)79-66-42-41-61(80-69-37-24-22-35-62(69)63-36-23-25-38-70(63)80)51-72(66)82(74-50-60(78(5,6)7)49-73(81)75(74)79)76-64(54-31-18-12-19-32-54)47-59(77(2,3)4)48-65(76)55-33-20-13-21-34-55/h10-25,27-51H,8-9,26H2,1-7H3. The van der Waals surface area contributed by atoms with Gasteiger partial charge >= 0.3 is 0 Å². The number of anilines is 6. The Labute approximate surface area is 484 Å². The van der Waals surface area contributed by atoms with Gasteiger partial charge in [-0.05, 0) is 157 Å². The average Bonchev–Trinajstić information content (AvgIpc) is 3.55. The van der Waals surface area contributed by atoms with Crippen LogP contribution in [0.2, 0.25) is 0 Å². The molecule has 14 rings (SSSR count). The highest BCUT2D eigenvalue weighted by Gasteiger charge is 2.46. The Hall–Kier alpha value is -9.12. The molecular formula is C78H68BN3. The monoisotopic (exact) mass is 1060 g/mol. The summed E-state index contributed by atoms with van der Waals surface area (Å²) < 4.78 is 2.50. The molecule has 0 amide bonds. The maximum absolute atomic E-state index is 2.72. The Balaban J connectivity index is 1.15. The van der Waals surface area contributed by atoms with Crippen LogP contribution >= 0.6 is 0 Å². The van der Waals surface area contributed by atoms with E-state index >= 15 is 0 Å². The topological polar surface area (TPSA) is 11.4 Å². The van der Waals surface area contributed by atoms with Crippen LogP contribution in [0.1, 0.15) is 78.0 Å². The lowest BCUT2D eigenvalue weighted by Crippen LogP contribution is -2.61. The summed E-state index contributed by atoms with van der Waals surface area (Å²) >= 11 is 0. The van der Waals surface area contributed by atoms with Gasteiger partial charge in [-0.1, -0.05) is 237 Å². The first-order valence-electron chi connectivity index (χ1n) is 29.5. The molecule has 1 aromatic heterocycles. The fraction of sp³-hybridized carbons (Fsp3) is 0.154. The first kappa shape index (κ1) is 51.1. The summed E-state index contributed by atoms with van der Waals surface area (Å²) in [5.41, 5.74) is 27.9. The van der Waals surface area contributed by atoms with Crippen LogP contribution in [-0.2, 0) is 17.3 Å². The molecule has 3 nitrogen and oxygen atoms in total. The molecule has 12 aromatic rings. The number of aromatic nitrogens is 1. The molecule has 0 radical (unpaired) electrons. The van der Waals surface area contributed by atoms with Gasteiger partial charge in [0.25, 0.3) is 6.71 Å². The van der Waals surface area contributed by atoms with E-state index < -0.39 is 0 Å². The molecule has 0 fully saturated rings. The predicted molar refractivity (Wildman–Crippen MR) is 353 cm³/mol. The molecule has 0 spiro atoms. The maximum atomic E-state index is 2.72. The number of aryl methyl sites for hydroxylation is 1. The van der Waals surface area contributed by atoms with Gasteiger partial charge < -0.3 is 14.4 Å². The van der Waals surface area contributed by atoms with E-state index in [9.17, 15) is 0 Å². The second-order valence-corrected chi connectivity index (χ2v) is 24.7. The van der Waals surface area contributed by atoms with E-state index in [1.54, 1.807) is 0 Å². The molecule has 4 heteroatoms. The number of hydrogen-bond donors (Lipinski definition) is 0. The lowest BCUT2D eigenvalue weighted by Gasteiger charge is -2.46. The van der Waals surface area contributed by atoms with Crippen LogP contribution in [-0.4, -0.2) is 11.3 Å². The number of fused-ring (bicyclic) bond motifs is 7. The molecule has 0 saturated heterocycles. The SMILES string of the molecule is CCCCc1cc(-c2ccccc2)ccc1N1c2ccc(-c3ccccc3)cc2B2c3ccc(-n4c5ccccc5c5ccccc54)cc3N(c3c(-c4ccccc4)cc(C(C)(C)C)cc3-c3ccccc3)c3cc(C(C)(C)C)cc1c32. The van der Waals surface area contributed by atoms with Crippen molar-refractivity contribution >= 4 is 79.0 Å². The molecule has 2 aliphatic rings. The third-order valence-corrected chi connectivity index (χ3v) is 17.5. The van der Waals surface area contributed by atoms with Gasteiger partial charge in [0.1, 0.15) is 0 Å². The van der Waals surface area contributed by atoms with E-state index in [4.69, 9.17) is 0 Å². The van der Waals surface area contributed by atoms with Crippen molar-refractivity contribution in [1.82, 2.24) is 4.57 Å². The van der Waals surface area contributed by atoms with Gasteiger partial charge in [0.2, 0.25) is 0 Å². The lowest BCUT2D eigenvalue weighted by molar-refractivity contribution is 0.590. The zero-order valence-corrected chi connectivity index (χ0v) is 48.2. The zero-order chi connectivity index (χ0) is 55.9. The molecule has 82 heavy (non-hydrogen) atoms. The minimum Gasteiger partial charge on any atom is -0.311 e. The van der Waals surface area contributed by atoms with Gasteiger partial charge in [0, 0.05) is 56.0 Å². The predicted octanol–water partition coefficient (Wildman–Crippen LogP) is 19.5. The summed E-state index contributed by atoms with van der Waals surface area (Å²) in [6.07, 6.45) is 3.16. The van der Waals surface area contributed by atoms with E-state index in [1.165, 1.54) is 134 Å². The van der Waals surface area contributed by atoms with Gasteiger partial charge in [0.15, 0.2) is 0 Å². The Bertz CT molecular complexity index is 4280. The zero-order valence-electron chi connectivity index (χ0n) is 48.2. The number of hydrogen-bond acceptors (Lipinski definition) is 2. The Morgan fingerprint density at radius 3 is 1.38 bits per heavy atom. The van der Waals surface area contributed by atoms with Crippen molar-refractivity contribution in [3.05, 3.63) is 265 Å². The van der Waals surface area contributed by atoms with E-state index in [0.29, 0.717) is 0 Å². The van der Waals surface area contributed by atoms with Crippen LogP contribution in [0.15, 0.2) is 249 Å². The Kier molecular flexibility index (Phi) is 12.5. The average molecular weight is 1060 g/mol. The molecule has 0 saturated carbocycles.